The maximum absolute atomic E-state index is 10.6. The molecular formula is C34H44N2O. The Hall–Kier alpha value is -2.52. The van der Waals surface area contributed by atoms with Crippen molar-refractivity contribution in [2.75, 3.05) is 32.0 Å². The molecule has 0 radical (unpaired) electrons. The fraction of sp³-hybridized carbons (Fsp3) is 0.529. The number of hydrogen-bond donors (Lipinski definition) is 2. The van der Waals surface area contributed by atoms with Crippen molar-refractivity contribution in [2.24, 2.45) is 23.2 Å². The van der Waals surface area contributed by atoms with Gasteiger partial charge in [0.05, 0.1) is 0 Å². The van der Waals surface area contributed by atoms with Crippen molar-refractivity contribution in [3.05, 3.63) is 71.8 Å². The van der Waals surface area contributed by atoms with Gasteiger partial charge in [0, 0.05) is 30.7 Å². The number of phenols is 1. The minimum atomic E-state index is 0.154. The van der Waals surface area contributed by atoms with Gasteiger partial charge in [0.2, 0.25) is 0 Å². The number of nitrogens with zero attached hydrogens (tertiary/aromatic N) is 1. The fourth-order valence-corrected chi connectivity index (χ4v) is 8.48. The Morgan fingerprint density at radius 3 is 2.59 bits per heavy atom. The molecule has 2 N–H and O–H groups in total. The van der Waals surface area contributed by atoms with Crippen LogP contribution >= 0.6 is 0 Å². The summed E-state index contributed by atoms with van der Waals surface area (Å²) in [5.74, 6) is 2.69. The lowest BCUT2D eigenvalue weighted by Gasteiger charge is -2.48. The van der Waals surface area contributed by atoms with Gasteiger partial charge in [-0.2, -0.15) is 0 Å². The molecule has 3 unspecified atom stereocenters. The molecule has 0 aromatic heterocycles. The molecular weight excluding hydrogens is 452 g/mol. The van der Waals surface area contributed by atoms with Crippen LogP contribution in [0.4, 0.5) is 5.69 Å². The first-order valence-corrected chi connectivity index (χ1v) is 14.6. The van der Waals surface area contributed by atoms with Gasteiger partial charge in [-0.1, -0.05) is 50.2 Å². The van der Waals surface area contributed by atoms with Gasteiger partial charge in [-0.25, -0.2) is 0 Å². The smallest absolute Gasteiger partial charge is 0.115 e. The lowest BCUT2D eigenvalue weighted by Crippen LogP contribution is -2.47. The quantitative estimate of drug-likeness (QED) is 0.299. The second-order valence-electron chi connectivity index (χ2n) is 13.0. The molecule has 6 rings (SSSR count). The number of fused-ring (bicyclic) bond motifs is 3. The van der Waals surface area contributed by atoms with Crippen molar-refractivity contribution in [2.45, 2.75) is 64.2 Å². The average molecular weight is 497 g/mol. The molecule has 0 aliphatic heterocycles. The van der Waals surface area contributed by atoms with E-state index >= 15 is 0 Å². The summed E-state index contributed by atoms with van der Waals surface area (Å²) in [4.78, 5) is 2.63. The van der Waals surface area contributed by atoms with Crippen LogP contribution in [-0.4, -0.2) is 36.7 Å². The first-order valence-electron chi connectivity index (χ1n) is 14.6. The third kappa shape index (κ3) is 4.65. The molecule has 3 heteroatoms. The number of aromatic hydroxyl groups is 1. The molecule has 196 valence electrons. The minimum Gasteiger partial charge on any atom is -0.508 e. The maximum Gasteiger partial charge on any atom is 0.115 e. The second kappa shape index (κ2) is 9.66. The first kappa shape index (κ1) is 24.8. The van der Waals surface area contributed by atoms with Gasteiger partial charge in [0.25, 0.3) is 0 Å². The molecule has 2 fully saturated rings. The van der Waals surface area contributed by atoms with Gasteiger partial charge in [0.1, 0.15) is 5.75 Å². The summed E-state index contributed by atoms with van der Waals surface area (Å²) in [7, 11) is 2.34. The average Bonchev–Trinajstić information content (AvgIpc) is 3.58. The molecule has 4 atom stereocenters. The SMILES string of the molecule is C[C@H]1CC(C)(CCCNc2ccc3ccccc3c2)C2(C1)c1cc(O)ccc1CC2CN(C)CC1CC1. The highest BCUT2D eigenvalue weighted by Crippen LogP contribution is 2.66. The van der Waals surface area contributed by atoms with Gasteiger partial charge in [-0.3, -0.25) is 0 Å². The monoisotopic (exact) mass is 496 g/mol. The third-order valence-electron chi connectivity index (χ3n) is 10.1. The van der Waals surface area contributed by atoms with Crippen LogP contribution in [0.3, 0.4) is 0 Å². The first-order chi connectivity index (χ1) is 17.9. The molecule has 1 spiro atoms. The van der Waals surface area contributed by atoms with E-state index in [0.717, 1.165) is 25.3 Å². The van der Waals surface area contributed by atoms with E-state index < -0.39 is 0 Å². The predicted octanol–water partition coefficient (Wildman–Crippen LogP) is 7.63. The molecule has 3 aromatic carbocycles. The van der Waals surface area contributed by atoms with Crippen molar-refractivity contribution in [3.8, 4) is 5.75 Å². The van der Waals surface area contributed by atoms with E-state index in [1.807, 2.05) is 6.07 Å². The number of nitrogens with one attached hydrogen (secondary N) is 1. The standard InChI is InChI=1S/C34H44N2O/c1-24-20-33(2,15-6-16-35-30-13-11-26-7-4-5-8-27(26)18-30)34(21-24)29(23-36(3)22-25-9-10-25)17-28-12-14-31(37)19-32(28)34/h4-5,7-8,11-14,18-19,24-25,29,35,37H,6,9-10,15-17,20-23H2,1-3H3/t24-,29?,33?,34?/m0/s1. The number of rotatable bonds is 9. The summed E-state index contributed by atoms with van der Waals surface area (Å²) in [5, 5.41) is 16.9. The Balaban J connectivity index is 1.22. The highest BCUT2D eigenvalue weighted by atomic mass is 16.3. The Morgan fingerprint density at radius 1 is 0.973 bits per heavy atom. The molecule has 0 saturated heterocycles. The van der Waals surface area contributed by atoms with Crippen molar-refractivity contribution >= 4 is 16.5 Å². The third-order valence-corrected chi connectivity index (χ3v) is 10.1. The van der Waals surface area contributed by atoms with Crippen molar-refractivity contribution in [1.82, 2.24) is 4.90 Å². The summed E-state index contributed by atoms with van der Waals surface area (Å²) in [6.07, 6.45) is 8.88. The lowest BCUT2D eigenvalue weighted by molar-refractivity contribution is 0.0834. The largest absolute Gasteiger partial charge is 0.508 e. The van der Waals surface area contributed by atoms with Crippen LogP contribution in [0, 0.1) is 23.2 Å². The molecule has 2 saturated carbocycles. The molecule has 0 amide bonds. The normalized spacial score (nSPS) is 28.9. The summed E-state index contributed by atoms with van der Waals surface area (Å²) in [6.45, 7) is 8.46. The zero-order valence-electron chi connectivity index (χ0n) is 23.0. The highest BCUT2D eigenvalue weighted by molar-refractivity contribution is 5.85. The van der Waals surface area contributed by atoms with Crippen molar-refractivity contribution in [3.63, 3.8) is 0 Å². The van der Waals surface area contributed by atoms with Crippen molar-refractivity contribution in [1.29, 1.82) is 0 Å². The van der Waals surface area contributed by atoms with Crippen LogP contribution < -0.4 is 5.32 Å². The van der Waals surface area contributed by atoms with Crippen LogP contribution in [0.25, 0.3) is 10.8 Å². The zero-order chi connectivity index (χ0) is 25.6. The van der Waals surface area contributed by atoms with Gasteiger partial charge < -0.3 is 15.3 Å². The summed E-state index contributed by atoms with van der Waals surface area (Å²) in [5.41, 5.74) is 4.56. The van der Waals surface area contributed by atoms with E-state index in [-0.39, 0.29) is 10.8 Å². The Bertz CT molecular complexity index is 1270. The predicted molar refractivity (Wildman–Crippen MR) is 155 cm³/mol. The summed E-state index contributed by atoms with van der Waals surface area (Å²) in [6, 6.07) is 21.6. The van der Waals surface area contributed by atoms with Gasteiger partial charge in [-0.05, 0) is 121 Å². The number of benzene rings is 3. The second-order valence-corrected chi connectivity index (χ2v) is 13.0. The van der Waals surface area contributed by atoms with Crippen LogP contribution in [0.5, 0.6) is 5.75 Å². The minimum absolute atomic E-state index is 0.154. The van der Waals surface area contributed by atoms with Crippen LogP contribution in [-0.2, 0) is 11.8 Å². The maximum atomic E-state index is 10.6. The van der Waals surface area contributed by atoms with E-state index in [9.17, 15) is 5.11 Å². The van der Waals surface area contributed by atoms with Crippen LogP contribution in [0.15, 0.2) is 60.7 Å². The summed E-state index contributed by atoms with van der Waals surface area (Å²) < 4.78 is 0. The van der Waals surface area contributed by atoms with E-state index in [4.69, 9.17) is 0 Å². The van der Waals surface area contributed by atoms with Crippen LogP contribution in [0.2, 0.25) is 0 Å². The summed E-state index contributed by atoms with van der Waals surface area (Å²) >= 11 is 0. The number of phenolic OH excluding ortho intramolecular Hbond substituents is 1. The van der Waals surface area contributed by atoms with E-state index in [2.05, 4.69) is 85.7 Å². The van der Waals surface area contributed by atoms with Gasteiger partial charge >= 0.3 is 0 Å². The molecule has 3 aliphatic rings. The topological polar surface area (TPSA) is 35.5 Å². The van der Waals surface area contributed by atoms with E-state index in [1.165, 1.54) is 72.8 Å². The molecule has 3 nitrogen and oxygen atoms in total. The fourth-order valence-electron chi connectivity index (χ4n) is 8.48. The molecule has 37 heavy (non-hydrogen) atoms. The van der Waals surface area contributed by atoms with E-state index in [1.54, 1.807) is 0 Å². The van der Waals surface area contributed by atoms with Gasteiger partial charge in [-0.15, -0.1) is 0 Å². The van der Waals surface area contributed by atoms with Crippen LogP contribution in [0.1, 0.15) is 63.5 Å². The van der Waals surface area contributed by atoms with Crippen molar-refractivity contribution < 1.29 is 5.11 Å². The molecule has 0 heterocycles. The van der Waals surface area contributed by atoms with E-state index in [0.29, 0.717) is 17.6 Å². The molecule has 3 aliphatic carbocycles. The zero-order valence-corrected chi connectivity index (χ0v) is 23.0. The lowest BCUT2D eigenvalue weighted by atomic mass is 9.57. The Labute approximate surface area is 223 Å². The van der Waals surface area contributed by atoms with Gasteiger partial charge in [0.15, 0.2) is 0 Å². The molecule has 0 bridgehead atoms. The number of hydrogen-bond acceptors (Lipinski definition) is 3. The Kier molecular flexibility index (Phi) is 6.47. The Morgan fingerprint density at radius 2 is 1.78 bits per heavy atom. The highest BCUT2D eigenvalue weighted by Gasteiger charge is 2.61. The molecule has 3 aromatic rings. The number of anilines is 1.